The molecule has 0 radical (unpaired) electrons. The summed E-state index contributed by atoms with van der Waals surface area (Å²) in [5.74, 6) is 2.68. The van der Waals surface area contributed by atoms with Crippen LogP contribution >= 0.6 is 11.3 Å². The molecule has 0 aromatic carbocycles. The van der Waals surface area contributed by atoms with Crippen LogP contribution < -0.4 is 4.90 Å². The standard InChI is InChI=1S/C16H20N6S/c1-11(2)22-10-19-20-14(22)12-3-6-21(7-4-12)15-13-5-8-23-16(13)18-9-17-15/h5,8-12H,3-4,6-7H2,1-2H3. The highest BCUT2D eigenvalue weighted by Gasteiger charge is 2.26. The average molecular weight is 328 g/mol. The van der Waals surface area contributed by atoms with Gasteiger partial charge in [0, 0.05) is 25.0 Å². The molecule has 120 valence electrons. The Kier molecular flexibility index (Phi) is 3.72. The minimum atomic E-state index is 0.408. The van der Waals surface area contributed by atoms with E-state index in [1.807, 2.05) is 6.33 Å². The summed E-state index contributed by atoms with van der Waals surface area (Å²) >= 11 is 1.67. The second-order valence-electron chi connectivity index (χ2n) is 6.29. The molecule has 0 atom stereocenters. The summed E-state index contributed by atoms with van der Waals surface area (Å²) < 4.78 is 2.20. The van der Waals surface area contributed by atoms with Gasteiger partial charge in [-0.3, -0.25) is 0 Å². The minimum Gasteiger partial charge on any atom is -0.356 e. The van der Waals surface area contributed by atoms with Crippen molar-refractivity contribution in [3.05, 3.63) is 29.9 Å². The molecule has 7 heteroatoms. The van der Waals surface area contributed by atoms with Crippen molar-refractivity contribution in [3.8, 4) is 0 Å². The summed E-state index contributed by atoms with van der Waals surface area (Å²) in [4.78, 5) is 12.3. The summed E-state index contributed by atoms with van der Waals surface area (Å²) in [5.41, 5.74) is 0. The molecule has 1 aliphatic heterocycles. The van der Waals surface area contributed by atoms with Gasteiger partial charge >= 0.3 is 0 Å². The van der Waals surface area contributed by atoms with Crippen LogP contribution in [0.1, 0.15) is 44.5 Å². The van der Waals surface area contributed by atoms with E-state index in [2.05, 4.69) is 54.9 Å². The summed E-state index contributed by atoms with van der Waals surface area (Å²) in [6.07, 6.45) is 5.70. The molecule has 1 saturated heterocycles. The van der Waals surface area contributed by atoms with Gasteiger partial charge in [-0.2, -0.15) is 0 Å². The van der Waals surface area contributed by atoms with E-state index < -0.39 is 0 Å². The maximum atomic E-state index is 4.52. The fraction of sp³-hybridized carbons (Fsp3) is 0.500. The lowest BCUT2D eigenvalue weighted by Gasteiger charge is -2.33. The zero-order chi connectivity index (χ0) is 15.8. The van der Waals surface area contributed by atoms with Crippen LogP contribution in [0.3, 0.4) is 0 Å². The van der Waals surface area contributed by atoms with Crippen molar-refractivity contribution in [2.75, 3.05) is 18.0 Å². The second-order valence-corrected chi connectivity index (χ2v) is 7.18. The molecule has 0 unspecified atom stereocenters. The summed E-state index contributed by atoms with van der Waals surface area (Å²) in [6.45, 7) is 6.35. The molecule has 4 heterocycles. The van der Waals surface area contributed by atoms with E-state index in [-0.39, 0.29) is 0 Å². The van der Waals surface area contributed by atoms with Crippen molar-refractivity contribution in [1.29, 1.82) is 0 Å². The Bertz CT molecular complexity index is 800. The first-order chi connectivity index (χ1) is 11.2. The zero-order valence-electron chi connectivity index (χ0n) is 13.4. The molecule has 0 N–H and O–H groups in total. The van der Waals surface area contributed by atoms with E-state index in [1.54, 1.807) is 17.7 Å². The van der Waals surface area contributed by atoms with Crippen LogP contribution in [0.25, 0.3) is 10.2 Å². The average Bonchev–Trinajstić information content (AvgIpc) is 3.23. The first-order valence-corrected chi connectivity index (χ1v) is 8.94. The van der Waals surface area contributed by atoms with E-state index in [9.17, 15) is 0 Å². The Labute approximate surface area is 139 Å². The van der Waals surface area contributed by atoms with Gasteiger partial charge in [0.1, 0.15) is 29.1 Å². The fourth-order valence-corrected chi connectivity index (χ4v) is 4.05. The Morgan fingerprint density at radius 1 is 1.22 bits per heavy atom. The van der Waals surface area contributed by atoms with Crippen molar-refractivity contribution >= 4 is 27.4 Å². The van der Waals surface area contributed by atoms with Crippen LogP contribution in [0.4, 0.5) is 5.82 Å². The summed E-state index contributed by atoms with van der Waals surface area (Å²) in [5, 5.41) is 11.7. The number of rotatable bonds is 3. The molecular formula is C16H20N6S. The van der Waals surface area contributed by atoms with Crippen molar-refractivity contribution < 1.29 is 0 Å². The van der Waals surface area contributed by atoms with Gasteiger partial charge in [0.15, 0.2) is 0 Å². The Hall–Kier alpha value is -2.02. The fourth-order valence-electron chi connectivity index (χ4n) is 3.32. The van der Waals surface area contributed by atoms with Gasteiger partial charge in [-0.15, -0.1) is 21.5 Å². The van der Waals surface area contributed by atoms with Gasteiger partial charge in [-0.25, -0.2) is 9.97 Å². The molecule has 3 aromatic rings. The van der Waals surface area contributed by atoms with Crippen LogP contribution in [-0.2, 0) is 0 Å². The van der Waals surface area contributed by atoms with Crippen LogP contribution in [0.5, 0.6) is 0 Å². The summed E-state index contributed by atoms with van der Waals surface area (Å²) in [6, 6.07) is 2.53. The van der Waals surface area contributed by atoms with Gasteiger partial charge < -0.3 is 9.47 Å². The zero-order valence-corrected chi connectivity index (χ0v) is 14.2. The number of hydrogen-bond donors (Lipinski definition) is 0. The first kappa shape index (κ1) is 14.6. The largest absolute Gasteiger partial charge is 0.356 e. The third-order valence-electron chi connectivity index (χ3n) is 4.56. The highest BCUT2D eigenvalue weighted by atomic mass is 32.1. The monoisotopic (exact) mass is 328 g/mol. The Balaban J connectivity index is 1.53. The Morgan fingerprint density at radius 2 is 2.04 bits per heavy atom. The minimum absolute atomic E-state index is 0.408. The third-order valence-corrected chi connectivity index (χ3v) is 5.38. The van der Waals surface area contributed by atoms with Gasteiger partial charge in [-0.05, 0) is 38.1 Å². The van der Waals surface area contributed by atoms with Gasteiger partial charge in [0.2, 0.25) is 0 Å². The number of fused-ring (bicyclic) bond motifs is 1. The maximum absolute atomic E-state index is 4.52. The van der Waals surface area contributed by atoms with Gasteiger partial charge in [-0.1, -0.05) is 0 Å². The molecule has 1 fully saturated rings. The lowest BCUT2D eigenvalue weighted by Crippen LogP contribution is -2.34. The lowest BCUT2D eigenvalue weighted by molar-refractivity contribution is 0.448. The topological polar surface area (TPSA) is 59.7 Å². The predicted octanol–water partition coefficient (Wildman–Crippen LogP) is 3.25. The van der Waals surface area contributed by atoms with E-state index in [4.69, 9.17) is 0 Å². The number of piperidine rings is 1. The van der Waals surface area contributed by atoms with Crippen molar-refractivity contribution in [2.45, 2.75) is 38.6 Å². The number of anilines is 1. The molecule has 0 saturated carbocycles. The molecule has 4 rings (SSSR count). The molecule has 3 aromatic heterocycles. The summed E-state index contributed by atoms with van der Waals surface area (Å²) in [7, 11) is 0. The molecule has 1 aliphatic rings. The molecule has 0 spiro atoms. The highest BCUT2D eigenvalue weighted by molar-refractivity contribution is 7.16. The van der Waals surface area contributed by atoms with E-state index >= 15 is 0 Å². The highest BCUT2D eigenvalue weighted by Crippen LogP contribution is 2.33. The lowest BCUT2D eigenvalue weighted by atomic mass is 9.95. The van der Waals surface area contributed by atoms with Crippen molar-refractivity contribution in [1.82, 2.24) is 24.7 Å². The molecule has 0 bridgehead atoms. The number of thiophene rings is 1. The maximum Gasteiger partial charge on any atom is 0.140 e. The van der Waals surface area contributed by atoms with Gasteiger partial charge in [0.05, 0.1) is 5.39 Å². The molecule has 0 aliphatic carbocycles. The van der Waals surface area contributed by atoms with Crippen LogP contribution in [0, 0.1) is 0 Å². The number of nitrogens with zero attached hydrogens (tertiary/aromatic N) is 6. The number of aromatic nitrogens is 5. The first-order valence-electron chi connectivity index (χ1n) is 8.06. The third kappa shape index (κ3) is 2.59. The molecule has 23 heavy (non-hydrogen) atoms. The smallest absolute Gasteiger partial charge is 0.140 e. The van der Waals surface area contributed by atoms with Crippen LogP contribution in [0.2, 0.25) is 0 Å². The van der Waals surface area contributed by atoms with E-state index in [1.165, 1.54) is 5.39 Å². The quantitative estimate of drug-likeness (QED) is 0.738. The van der Waals surface area contributed by atoms with Crippen molar-refractivity contribution in [2.24, 2.45) is 0 Å². The van der Waals surface area contributed by atoms with E-state index in [0.29, 0.717) is 12.0 Å². The van der Waals surface area contributed by atoms with Crippen LogP contribution in [-0.4, -0.2) is 37.8 Å². The second kappa shape index (κ2) is 5.88. The van der Waals surface area contributed by atoms with Crippen molar-refractivity contribution in [3.63, 3.8) is 0 Å². The van der Waals surface area contributed by atoms with Crippen LogP contribution in [0.15, 0.2) is 24.1 Å². The molecular weight excluding hydrogens is 308 g/mol. The van der Waals surface area contributed by atoms with Gasteiger partial charge in [0.25, 0.3) is 0 Å². The SMILES string of the molecule is CC(C)n1cnnc1C1CCN(c2ncnc3sccc23)CC1. The molecule has 6 nitrogen and oxygen atoms in total. The van der Waals surface area contributed by atoms with E-state index in [0.717, 1.165) is 42.4 Å². The molecule has 0 amide bonds. The normalized spacial score (nSPS) is 16.6. The Morgan fingerprint density at radius 3 is 2.83 bits per heavy atom. The predicted molar refractivity (Wildman–Crippen MR) is 92.0 cm³/mol. The number of hydrogen-bond acceptors (Lipinski definition) is 6.